The van der Waals surface area contributed by atoms with Crippen LogP contribution in [-0.2, 0) is 10.4 Å². The predicted octanol–water partition coefficient (Wildman–Crippen LogP) is 0.486. The molecule has 5 nitrogen and oxygen atoms in total. The van der Waals surface area contributed by atoms with Crippen molar-refractivity contribution in [1.29, 1.82) is 0 Å². The van der Waals surface area contributed by atoms with Crippen molar-refractivity contribution in [3.63, 3.8) is 0 Å². The second-order valence-corrected chi connectivity index (χ2v) is 5.16. The summed E-state index contributed by atoms with van der Waals surface area (Å²) in [5, 5.41) is 12.8. The molecule has 1 fully saturated rings. The van der Waals surface area contributed by atoms with Crippen LogP contribution < -0.4 is 5.32 Å². The summed E-state index contributed by atoms with van der Waals surface area (Å²) in [6.45, 7) is 4.59. The van der Waals surface area contributed by atoms with Crippen LogP contribution in [0.5, 0.6) is 0 Å². The van der Waals surface area contributed by atoms with E-state index in [9.17, 15) is 14.7 Å². The molecule has 1 aromatic carbocycles. The molecule has 2 rings (SSSR count). The van der Waals surface area contributed by atoms with Gasteiger partial charge in [-0.3, -0.25) is 14.5 Å². The Morgan fingerprint density at radius 1 is 1.32 bits per heavy atom. The van der Waals surface area contributed by atoms with Gasteiger partial charge < -0.3 is 10.4 Å². The molecule has 1 aliphatic rings. The van der Waals surface area contributed by atoms with Crippen LogP contribution in [0.2, 0.25) is 0 Å². The van der Waals surface area contributed by atoms with Gasteiger partial charge in [0.25, 0.3) is 5.91 Å². The van der Waals surface area contributed by atoms with Crippen molar-refractivity contribution >= 4 is 11.8 Å². The highest BCUT2D eigenvalue weighted by molar-refractivity contribution is 6.05. The topological polar surface area (TPSA) is 69.6 Å². The molecule has 1 aliphatic heterocycles. The Morgan fingerprint density at radius 2 is 1.95 bits per heavy atom. The molecule has 1 heterocycles. The Morgan fingerprint density at radius 3 is 2.47 bits per heavy atom. The molecule has 0 radical (unpaired) electrons. The first-order chi connectivity index (χ1) is 8.89. The summed E-state index contributed by atoms with van der Waals surface area (Å²) >= 11 is 0. The molecule has 0 aromatic heterocycles. The quantitative estimate of drug-likeness (QED) is 0.761. The molecule has 1 aromatic rings. The lowest BCUT2D eigenvalue weighted by Gasteiger charge is -2.26. The lowest BCUT2D eigenvalue weighted by Crippen LogP contribution is -2.50. The molecule has 5 heteroatoms. The van der Waals surface area contributed by atoms with E-state index in [0.717, 1.165) is 5.56 Å². The van der Waals surface area contributed by atoms with E-state index < -0.39 is 5.60 Å². The van der Waals surface area contributed by atoms with Crippen molar-refractivity contribution in [2.75, 3.05) is 19.6 Å². The minimum atomic E-state index is -0.938. The van der Waals surface area contributed by atoms with E-state index in [0.29, 0.717) is 18.7 Å². The van der Waals surface area contributed by atoms with Gasteiger partial charge in [-0.25, -0.2) is 0 Å². The number of piperazine rings is 1. The second kappa shape index (κ2) is 5.11. The molecule has 19 heavy (non-hydrogen) atoms. The van der Waals surface area contributed by atoms with Crippen LogP contribution >= 0.6 is 0 Å². The molecular formula is C14H18N2O3. The lowest BCUT2D eigenvalue weighted by atomic mass is 9.97. The zero-order valence-corrected chi connectivity index (χ0v) is 11.1. The number of imide groups is 1. The maximum absolute atomic E-state index is 12.2. The van der Waals surface area contributed by atoms with Gasteiger partial charge in [-0.1, -0.05) is 12.1 Å². The van der Waals surface area contributed by atoms with Crippen molar-refractivity contribution in [3.8, 4) is 0 Å². The number of aliphatic hydroxyl groups is 1. The van der Waals surface area contributed by atoms with Crippen LogP contribution in [0.25, 0.3) is 0 Å². The normalized spacial score (nSPS) is 16.6. The van der Waals surface area contributed by atoms with E-state index in [1.165, 1.54) is 4.90 Å². The number of nitrogens with zero attached hydrogens (tertiary/aromatic N) is 1. The van der Waals surface area contributed by atoms with Gasteiger partial charge in [-0.15, -0.1) is 0 Å². The van der Waals surface area contributed by atoms with Crippen molar-refractivity contribution < 1.29 is 14.7 Å². The molecule has 102 valence electrons. The average Bonchev–Trinajstić information content (AvgIpc) is 2.38. The van der Waals surface area contributed by atoms with Crippen molar-refractivity contribution in [1.82, 2.24) is 10.2 Å². The highest BCUT2D eigenvalue weighted by Crippen LogP contribution is 2.20. The number of carbonyl (C=O) groups excluding carboxylic acids is 2. The molecule has 0 atom stereocenters. The largest absolute Gasteiger partial charge is 0.386 e. The van der Waals surface area contributed by atoms with E-state index in [1.807, 2.05) is 0 Å². The molecule has 0 saturated carbocycles. The van der Waals surface area contributed by atoms with Gasteiger partial charge in [-0.05, 0) is 31.5 Å². The minimum absolute atomic E-state index is 0.202. The summed E-state index contributed by atoms with van der Waals surface area (Å²) in [7, 11) is 0. The molecular weight excluding hydrogens is 244 g/mol. The molecule has 1 saturated heterocycles. The Labute approximate surface area is 112 Å². The van der Waals surface area contributed by atoms with Crippen molar-refractivity contribution in [2.45, 2.75) is 19.4 Å². The van der Waals surface area contributed by atoms with Gasteiger partial charge in [0.1, 0.15) is 0 Å². The monoisotopic (exact) mass is 262 g/mol. The number of carbonyl (C=O) groups is 2. The number of nitrogens with one attached hydrogen (secondary N) is 1. The standard InChI is InChI=1S/C14H18N2O3/c1-14(2,19)11-5-3-10(4-6-11)13(18)16-8-7-15-9-12(16)17/h3-6,15,19H,7-9H2,1-2H3. The summed E-state index contributed by atoms with van der Waals surface area (Å²) in [5.74, 6) is -0.489. The number of amides is 2. The number of hydrogen-bond acceptors (Lipinski definition) is 4. The van der Waals surface area contributed by atoms with Crippen LogP contribution in [0.15, 0.2) is 24.3 Å². The van der Waals surface area contributed by atoms with Crippen molar-refractivity contribution in [3.05, 3.63) is 35.4 Å². The van der Waals surface area contributed by atoms with Gasteiger partial charge in [-0.2, -0.15) is 0 Å². The zero-order chi connectivity index (χ0) is 14.0. The highest BCUT2D eigenvalue weighted by atomic mass is 16.3. The van der Waals surface area contributed by atoms with Crippen LogP contribution in [0.3, 0.4) is 0 Å². The summed E-state index contributed by atoms with van der Waals surface area (Å²) in [6, 6.07) is 6.70. The minimum Gasteiger partial charge on any atom is -0.386 e. The molecule has 0 spiro atoms. The lowest BCUT2D eigenvalue weighted by molar-refractivity contribution is -0.129. The number of benzene rings is 1. The van der Waals surface area contributed by atoms with Crippen LogP contribution in [0.4, 0.5) is 0 Å². The van der Waals surface area contributed by atoms with E-state index in [1.54, 1.807) is 38.1 Å². The van der Waals surface area contributed by atoms with Gasteiger partial charge in [0.2, 0.25) is 5.91 Å². The van der Waals surface area contributed by atoms with Gasteiger partial charge in [0.05, 0.1) is 12.1 Å². The Kier molecular flexibility index (Phi) is 3.68. The maximum Gasteiger partial charge on any atom is 0.260 e. The Bertz CT molecular complexity index is 488. The highest BCUT2D eigenvalue weighted by Gasteiger charge is 2.25. The Balaban J connectivity index is 2.18. The molecule has 0 unspecified atom stereocenters. The molecule has 2 N–H and O–H groups in total. The zero-order valence-electron chi connectivity index (χ0n) is 11.1. The third kappa shape index (κ3) is 3.00. The summed E-state index contributed by atoms with van der Waals surface area (Å²) < 4.78 is 0. The Hall–Kier alpha value is -1.72. The SMILES string of the molecule is CC(C)(O)c1ccc(C(=O)N2CCNCC2=O)cc1. The molecule has 2 amide bonds. The summed E-state index contributed by atoms with van der Waals surface area (Å²) in [4.78, 5) is 25.1. The molecule has 0 aliphatic carbocycles. The maximum atomic E-state index is 12.2. The van der Waals surface area contributed by atoms with E-state index in [-0.39, 0.29) is 18.4 Å². The fraction of sp³-hybridized carbons (Fsp3) is 0.429. The first-order valence-electron chi connectivity index (χ1n) is 6.28. The second-order valence-electron chi connectivity index (χ2n) is 5.16. The number of hydrogen-bond donors (Lipinski definition) is 2. The van der Waals surface area contributed by atoms with Crippen LogP contribution in [0, 0.1) is 0 Å². The number of rotatable bonds is 2. The van der Waals surface area contributed by atoms with E-state index in [4.69, 9.17) is 0 Å². The van der Waals surface area contributed by atoms with Crippen LogP contribution in [0.1, 0.15) is 29.8 Å². The molecule has 0 bridgehead atoms. The van der Waals surface area contributed by atoms with Crippen LogP contribution in [-0.4, -0.2) is 41.5 Å². The average molecular weight is 262 g/mol. The summed E-state index contributed by atoms with van der Waals surface area (Å²) in [6.07, 6.45) is 0. The van der Waals surface area contributed by atoms with Gasteiger partial charge in [0.15, 0.2) is 0 Å². The first-order valence-corrected chi connectivity index (χ1v) is 6.28. The van der Waals surface area contributed by atoms with E-state index >= 15 is 0 Å². The smallest absolute Gasteiger partial charge is 0.260 e. The van der Waals surface area contributed by atoms with Crippen molar-refractivity contribution in [2.24, 2.45) is 0 Å². The van der Waals surface area contributed by atoms with E-state index in [2.05, 4.69) is 5.32 Å². The first kappa shape index (κ1) is 13.7. The fourth-order valence-corrected chi connectivity index (χ4v) is 2.00. The fourth-order valence-electron chi connectivity index (χ4n) is 2.00. The third-order valence-electron chi connectivity index (χ3n) is 3.17. The summed E-state index contributed by atoms with van der Waals surface area (Å²) in [5.41, 5.74) is 0.255. The third-order valence-corrected chi connectivity index (χ3v) is 3.17. The predicted molar refractivity (Wildman–Crippen MR) is 70.6 cm³/mol. The van der Waals surface area contributed by atoms with Gasteiger partial charge in [0, 0.05) is 18.7 Å². The van der Waals surface area contributed by atoms with Gasteiger partial charge >= 0.3 is 0 Å².